The molecule has 0 radical (unpaired) electrons. The van der Waals surface area contributed by atoms with Crippen LogP contribution in [-0.2, 0) is 14.8 Å². The van der Waals surface area contributed by atoms with Gasteiger partial charge in [-0.1, -0.05) is 11.6 Å². The Hall–Kier alpha value is -1.16. The zero-order valence-electron chi connectivity index (χ0n) is 13.8. The molecule has 0 amide bonds. The summed E-state index contributed by atoms with van der Waals surface area (Å²) in [6, 6.07) is 1.65. The van der Waals surface area contributed by atoms with Gasteiger partial charge in [0.2, 0.25) is 21.9 Å². The first-order valence-corrected chi connectivity index (χ1v) is 10.5. The Morgan fingerprint density at radius 2 is 1.96 bits per heavy atom. The van der Waals surface area contributed by atoms with Crippen LogP contribution < -0.4 is 9.64 Å². The Morgan fingerprint density at radius 3 is 2.64 bits per heavy atom. The number of anilines is 1. The maximum absolute atomic E-state index is 12.0. The van der Waals surface area contributed by atoms with Crippen molar-refractivity contribution in [2.45, 2.75) is 31.4 Å². The fourth-order valence-electron chi connectivity index (χ4n) is 3.46. The van der Waals surface area contributed by atoms with Crippen LogP contribution in [0.5, 0.6) is 5.88 Å². The summed E-state index contributed by atoms with van der Waals surface area (Å²) < 4.78 is 36.8. The molecule has 0 N–H and O–H groups in total. The van der Waals surface area contributed by atoms with Crippen LogP contribution in [0.2, 0.25) is 5.15 Å². The van der Waals surface area contributed by atoms with Gasteiger partial charge in [0, 0.05) is 44.6 Å². The summed E-state index contributed by atoms with van der Waals surface area (Å²) in [5.74, 6) is 1.25. The predicted molar refractivity (Wildman–Crippen MR) is 92.6 cm³/mol. The third-order valence-corrected chi connectivity index (χ3v) is 7.05. The van der Waals surface area contributed by atoms with Crippen LogP contribution in [0.25, 0.3) is 0 Å². The third kappa shape index (κ3) is 3.69. The fourth-order valence-corrected chi connectivity index (χ4v) is 5.39. The van der Waals surface area contributed by atoms with Crippen LogP contribution >= 0.6 is 11.6 Å². The van der Waals surface area contributed by atoms with Crippen molar-refractivity contribution in [1.82, 2.24) is 14.3 Å². The third-order valence-electron chi connectivity index (χ3n) is 4.86. The molecule has 2 aliphatic heterocycles. The molecule has 3 fully saturated rings. The van der Waals surface area contributed by atoms with E-state index < -0.39 is 10.0 Å². The summed E-state index contributed by atoms with van der Waals surface area (Å²) in [4.78, 5) is 10.7. The van der Waals surface area contributed by atoms with Gasteiger partial charge in [0.15, 0.2) is 0 Å². The van der Waals surface area contributed by atoms with Crippen LogP contribution in [0.15, 0.2) is 6.07 Å². The quantitative estimate of drug-likeness (QED) is 0.709. The van der Waals surface area contributed by atoms with Crippen molar-refractivity contribution in [3.63, 3.8) is 0 Å². The first-order valence-electron chi connectivity index (χ1n) is 8.55. The van der Waals surface area contributed by atoms with Gasteiger partial charge >= 0.3 is 0 Å². The standard InChI is InChI=1S/C15H21ClN4O4S/c16-13-10-14(18-15(17-13)19-3-5-23-6-4-19)24-12-8-11(9-12)20-2-1-7-25(20,21)22/h10-12H,1-9H2. The second-order valence-electron chi connectivity index (χ2n) is 6.57. The van der Waals surface area contributed by atoms with Crippen LogP contribution in [0.4, 0.5) is 5.95 Å². The van der Waals surface area contributed by atoms with Gasteiger partial charge in [-0.05, 0) is 6.42 Å². The van der Waals surface area contributed by atoms with Crippen molar-refractivity contribution in [3.05, 3.63) is 11.2 Å². The molecule has 25 heavy (non-hydrogen) atoms. The van der Waals surface area contributed by atoms with E-state index in [0.717, 1.165) is 19.5 Å². The van der Waals surface area contributed by atoms with Crippen molar-refractivity contribution >= 4 is 27.6 Å². The number of aromatic nitrogens is 2. The fraction of sp³-hybridized carbons (Fsp3) is 0.733. The second-order valence-corrected chi connectivity index (χ2v) is 9.00. The maximum atomic E-state index is 12.0. The SMILES string of the molecule is O=S1(=O)CCCN1C1CC(Oc2cc(Cl)nc(N3CCOCC3)n2)C1. The van der Waals surface area contributed by atoms with E-state index in [0.29, 0.717) is 49.6 Å². The van der Waals surface area contributed by atoms with Crippen LogP contribution in [-0.4, -0.2) is 73.4 Å². The van der Waals surface area contributed by atoms with Crippen molar-refractivity contribution in [2.75, 3.05) is 43.5 Å². The molecule has 0 atom stereocenters. The number of ether oxygens (including phenoxy) is 2. The van der Waals surface area contributed by atoms with E-state index in [-0.39, 0.29) is 17.9 Å². The number of halogens is 1. The average molecular weight is 389 g/mol. The largest absolute Gasteiger partial charge is 0.474 e. The van der Waals surface area contributed by atoms with Crippen LogP contribution in [0, 0.1) is 0 Å². The molecule has 1 aromatic rings. The molecule has 0 bridgehead atoms. The van der Waals surface area contributed by atoms with E-state index in [2.05, 4.69) is 9.97 Å². The van der Waals surface area contributed by atoms with E-state index in [1.54, 1.807) is 10.4 Å². The minimum Gasteiger partial charge on any atom is -0.474 e. The Kier molecular flexibility index (Phi) is 4.74. The Morgan fingerprint density at radius 1 is 1.20 bits per heavy atom. The van der Waals surface area contributed by atoms with Crippen molar-refractivity contribution in [2.24, 2.45) is 0 Å². The van der Waals surface area contributed by atoms with E-state index in [4.69, 9.17) is 21.1 Å². The van der Waals surface area contributed by atoms with Gasteiger partial charge in [-0.15, -0.1) is 0 Å². The molecule has 0 unspecified atom stereocenters. The van der Waals surface area contributed by atoms with Crippen molar-refractivity contribution in [1.29, 1.82) is 0 Å². The molecule has 0 aromatic carbocycles. The monoisotopic (exact) mass is 388 g/mol. The average Bonchev–Trinajstić information content (AvgIpc) is 2.90. The zero-order chi connectivity index (χ0) is 17.4. The molecule has 8 nitrogen and oxygen atoms in total. The summed E-state index contributed by atoms with van der Waals surface area (Å²) >= 11 is 6.11. The number of hydrogen-bond donors (Lipinski definition) is 0. The van der Waals surface area contributed by atoms with E-state index >= 15 is 0 Å². The molecule has 3 aliphatic rings. The van der Waals surface area contributed by atoms with Gasteiger partial charge in [-0.3, -0.25) is 0 Å². The van der Waals surface area contributed by atoms with E-state index in [9.17, 15) is 8.42 Å². The lowest BCUT2D eigenvalue weighted by Gasteiger charge is -2.39. The number of morpholine rings is 1. The first kappa shape index (κ1) is 17.3. The minimum atomic E-state index is -3.06. The summed E-state index contributed by atoms with van der Waals surface area (Å²) in [6.07, 6.45) is 2.06. The topological polar surface area (TPSA) is 84.9 Å². The molecule has 1 aromatic heterocycles. The molecular weight excluding hydrogens is 368 g/mol. The van der Waals surface area contributed by atoms with Gasteiger partial charge in [0.05, 0.1) is 19.0 Å². The van der Waals surface area contributed by atoms with Crippen molar-refractivity contribution < 1.29 is 17.9 Å². The lowest BCUT2D eigenvalue weighted by Crippen LogP contribution is -2.49. The highest BCUT2D eigenvalue weighted by molar-refractivity contribution is 7.89. The molecule has 138 valence electrons. The summed E-state index contributed by atoms with van der Waals surface area (Å²) in [5, 5.41) is 0.337. The van der Waals surface area contributed by atoms with Gasteiger partial charge in [-0.25, -0.2) is 13.4 Å². The van der Waals surface area contributed by atoms with Crippen LogP contribution in [0.1, 0.15) is 19.3 Å². The molecule has 1 aliphatic carbocycles. The smallest absolute Gasteiger partial charge is 0.230 e. The minimum absolute atomic E-state index is 0.0377. The molecular formula is C15H21ClN4O4S. The number of nitrogens with zero attached hydrogens (tertiary/aromatic N) is 4. The van der Waals surface area contributed by atoms with E-state index in [1.807, 2.05) is 4.90 Å². The van der Waals surface area contributed by atoms with Gasteiger partial charge in [-0.2, -0.15) is 9.29 Å². The molecule has 10 heteroatoms. The lowest BCUT2D eigenvalue weighted by molar-refractivity contribution is 0.0514. The normalized spacial score (nSPS) is 29.4. The number of sulfonamides is 1. The summed E-state index contributed by atoms with van der Waals surface area (Å²) in [6.45, 7) is 3.35. The van der Waals surface area contributed by atoms with E-state index in [1.165, 1.54) is 0 Å². The molecule has 1 saturated carbocycles. The molecule has 4 rings (SSSR count). The number of rotatable bonds is 4. The highest BCUT2D eigenvalue weighted by Crippen LogP contribution is 2.34. The summed E-state index contributed by atoms with van der Waals surface area (Å²) in [7, 11) is -3.06. The van der Waals surface area contributed by atoms with Crippen molar-refractivity contribution in [3.8, 4) is 5.88 Å². The highest BCUT2D eigenvalue weighted by Gasteiger charge is 2.42. The predicted octanol–water partition coefficient (Wildman–Crippen LogP) is 0.912. The Labute approximate surface area is 152 Å². The van der Waals surface area contributed by atoms with Gasteiger partial charge in [0.25, 0.3) is 0 Å². The van der Waals surface area contributed by atoms with Gasteiger partial charge < -0.3 is 14.4 Å². The molecule has 3 heterocycles. The Bertz CT molecular complexity index is 735. The molecule has 0 spiro atoms. The number of hydrogen-bond acceptors (Lipinski definition) is 7. The van der Waals surface area contributed by atoms with Crippen LogP contribution in [0.3, 0.4) is 0 Å². The second kappa shape index (κ2) is 6.86. The first-order chi connectivity index (χ1) is 12.0. The summed E-state index contributed by atoms with van der Waals surface area (Å²) in [5.41, 5.74) is 0. The highest BCUT2D eigenvalue weighted by atomic mass is 35.5. The zero-order valence-corrected chi connectivity index (χ0v) is 15.4. The lowest BCUT2D eigenvalue weighted by atomic mass is 9.89. The molecule has 2 saturated heterocycles. The maximum Gasteiger partial charge on any atom is 0.230 e. The Balaban J connectivity index is 1.38. The van der Waals surface area contributed by atoms with Gasteiger partial charge in [0.1, 0.15) is 11.3 Å².